The first-order valence-electron chi connectivity index (χ1n) is 9.46. The van der Waals surface area contributed by atoms with Crippen molar-refractivity contribution in [2.45, 2.75) is 43.8 Å². The molecule has 2 fully saturated rings. The number of nitrogens with zero attached hydrogens (tertiary/aromatic N) is 1. The lowest BCUT2D eigenvalue weighted by atomic mass is 9.79. The SMILES string of the molecule is COc1cc2c(cc1OC)C1(CCN(C(=O)[C@@H]3CCCO3)CC1)OCC2. The number of fused-ring (bicyclic) bond motifs is 2. The van der Waals surface area contributed by atoms with E-state index in [-0.39, 0.29) is 17.6 Å². The summed E-state index contributed by atoms with van der Waals surface area (Å²) >= 11 is 0. The predicted molar refractivity (Wildman–Crippen MR) is 95.7 cm³/mol. The number of piperidine rings is 1. The van der Waals surface area contributed by atoms with Crippen molar-refractivity contribution < 1.29 is 23.7 Å². The average molecular weight is 361 g/mol. The van der Waals surface area contributed by atoms with E-state index in [4.69, 9.17) is 18.9 Å². The minimum atomic E-state index is -0.333. The van der Waals surface area contributed by atoms with Gasteiger partial charge >= 0.3 is 0 Å². The zero-order valence-electron chi connectivity index (χ0n) is 15.6. The number of carbonyl (C=O) groups is 1. The third-order valence-corrected chi connectivity index (χ3v) is 5.94. The van der Waals surface area contributed by atoms with E-state index in [1.807, 2.05) is 4.90 Å². The maximum atomic E-state index is 12.6. The fourth-order valence-corrected chi connectivity index (χ4v) is 4.46. The molecule has 6 heteroatoms. The smallest absolute Gasteiger partial charge is 0.251 e. The van der Waals surface area contributed by atoms with Crippen LogP contribution in [0, 0.1) is 0 Å². The van der Waals surface area contributed by atoms with E-state index in [1.54, 1.807) is 14.2 Å². The largest absolute Gasteiger partial charge is 0.493 e. The van der Waals surface area contributed by atoms with Gasteiger partial charge in [-0.1, -0.05) is 0 Å². The Morgan fingerprint density at radius 1 is 1.15 bits per heavy atom. The second-order valence-corrected chi connectivity index (χ2v) is 7.28. The molecule has 6 nitrogen and oxygen atoms in total. The summed E-state index contributed by atoms with van der Waals surface area (Å²) < 4.78 is 22.8. The van der Waals surface area contributed by atoms with Crippen molar-refractivity contribution in [2.75, 3.05) is 40.5 Å². The van der Waals surface area contributed by atoms with E-state index >= 15 is 0 Å². The van der Waals surface area contributed by atoms with Gasteiger partial charge in [0.2, 0.25) is 0 Å². The van der Waals surface area contributed by atoms with Crippen LogP contribution < -0.4 is 9.47 Å². The predicted octanol–water partition coefficient (Wildman–Crippen LogP) is 2.27. The molecule has 3 aliphatic heterocycles. The molecule has 3 aliphatic rings. The van der Waals surface area contributed by atoms with Crippen molar-refractivity contribution in [1.82, 2.24) is 4.90 Å². The molecular formula is C20H27NO5. The molecule has 26 heavy (non-hydrogen) atoms. The number of likely N-dealkylation sites (tertiary alicyclic amines) is 1. The topological polar surface area (TPSA) is 57.2 Å². The lowest BCUT2D eigenvalue weighted by Crippen LogP contribution is -2.50. The average Bonchev–Trinajstić information content (AvgIpc) is 3.22. The van der Waals surface area contributed by atoms with Gasteiger partial charge in [0.05, 0.1) is 26.4 Å². The summed E-state index contributed by atoms with van der Waals surface area (Å²) in [6.45, 7) is 2.80. The van der Waals surface area contributed by atoms with E-state index in [0.29, 0.717) is 26.3 Å². The number of rotatable bonds is 3. The Kier molecular flexibility index (Phi) is 4.80. The van der Waals surface area contributed by atoms with Crippen LogP contribution in [-0.2, 0) is 26.3 Å². The van der Waals surface area contributed by atoms with Crippen molar-refractivity contribution in [3.8, 4) is 11.5 Å². The van der Waals surface area contributed by atoms with Gasteiger partial charge in [-0.2, -0.15) is 0 Å². The van der Waals surface area contributed by atoms with Crippen LogP contribution in [0.25, 0.3) is 0 Å². The highest BCUT2D eigenvalue weighted by Gasteiger charge is 2.43. The summed E-state index contributed by atoms with van der Waals surface area (Å²) in [5.74, 6) is 1.63. The molecule has 0 radical (unpaired) electrons. The molecule has 1 spiro atoms. The molecule has 4 rings (SSSR count). The molecule has 1 amide bonds. The maximum Gasteiger partial charge on any atom is 0.251 e. The molecule has 0 unspecified atom stereocenters. The molecule has 0 saturated carbocycles. The first-order valence-corrected chi connectivity index (χ1v) is 9.46. The molecule has 1 aromatic rings. The Morgan fingerprint density at radius 3 is 2.54 bits per heavy atom. The summed E-state index contributed by atoms with van der Waals surface area (Å²) in [5.41, 5.74) is 2.11. The second kappa shape index (κ2) is 7.08. The van der Waals surface area contributed by atoms with Crippen LogP contribution in [0.5, 0.6) is 11.5 Å². The van der Waals surface area contributed by atoms with Gasteiger partial charge in [0.15, 0.2) is 11.5 Å². The zero-order valence-corrected chi connectivity index (χ0v) is 15.6. The molecule has 0 aliphatic carbocycles. The number of ether oxygens (including phenoxy) is 4. The van der Waals surface area contributed by atoms with Crippen LogP contribution in [0.4, 0.5) is 0 Å². The number of amides is 1. The van der Waals surface area contributed by atoms with Gasteiger partial charge in [0.1, 0.15) is 6.10 Å². The van der Waals surface area contributed by atoms with Gasteiger partial charge in [0, 0.05) is 19.7 Å². The van der Waals surface area contributed by atoms with Crippen LogP contribution in [0.2, 0.25) is 0 Å². The lowest BCUT2D eigenvalue weighted by molar-refractivity contribution is -0.149. The summed E-state index contributed by atoms with van der Waals surface area (Å²) in [6, 6.07) is 4.13. The van der Waals surface area contributed by atoms with E-state index in [1.165, 1.54) is 11.1 Å². The first kappa shape index (κ1) is 17.6. The fourth-order valence-electron chi connectivity index (χ4n) is 4.46. The molecule has 0 bridgehead atoms. The second-order valence-electron chi connectivity index (χ2n) is 7.28. The van der Waals surface area contributed by atoms with Crippen molar-refractivity contribution in [1.29, 1.82) is 0 Å². The number of benzene rings is 1. The van der Waals surface area contributed by atoms with E-state index in [2.05, 4.69) is 12.1 Å². The minimum absolute atomic E-state index is 0.140. The number of methoxy groups -OCH3 is 2. The van der Waals surface area contributed by atoms with Crippen molar-refractivity contribution in [3.63, 3.8) is 0 Å². The molecule has 142 valence electrons. The van der Waals surface area contributed by atoms with Gasteiger partial charge in [-0.05, 0) is 55.4 Å². The number of hydrogen-bond donors (Lipinski definition) is 0. The molecule has 0 N–H and O–H groups in total. The third kappa shape index (κ3) is 2.95. The van der Waals surface area contributed by atoms with Gasteiger partial charge < -0.3 is 23.8 Å². The molecule has 2 saturated heterocycles. The lowest BCUT2D eigenvalue weighted by Gasteiger charge is -2.45. The highest BCUT2D eigenvalue weighted by Crippen LogP contribution is 2.45. The summed E-state index contributed by atoms with van der Waals surface area (Å²) in [6.07, 6.45) is 4.05. The van der Waals surface area contributed by atoms with Gasteiger partial charge in [-0.25, -0.2) is 0 Å². The van der Waals surface area contributed by atoms with E-state index in [9.17, 15) is 4.79 Å². The highest BCUT2D eigenvalue weighted by atomic mass is 16.5. The van der Waals surface area contributed by atoms with E-state index < -0.39 is 0 Å². The summed E-state index contributed by atoms with van der Waals surface area (Å²) in [4.78, 5) is 14.6. The van der Waals surface area contributed by atoms with Crippen LogP contribution >= 0.6 is 0 Å². The van der Waals surface area contributed by atoms with E-state index in [0.717, 1.165) is 43.6 Å². The van der Waals surface area contributed by atoms with Crippen molar-refractivity contribution in [3.05, 3.63) is 23.3 Å². The van der Waals surface area contributed by atoms with Gasteiger partial charge in [0.25, 0.3) is 5.91 Å². The first-order chi connectivity index (χ1) is 12.7. The molecule has 1 atom stereocenters. The molecular weight excluding hydrogens is 334 g/mol. The molecule has 3 heterocycles. The fraction of sp³-hybridized carbons (Fsp3) is 0.650. The van der Waals surface area contributed by atoms with Crippen LogP contribution in [0.15, 0.2) is 12.1 Å². The Hall–Kier alpha value is -1.79. The number of carbonyl (C=O) groups excluding carboxylic acids is 1. The van der Waals surface area contributed by atoms with Gasteiger partial charge in [-0.15, -0.1) is 0 Å². The van der Waals surface area contributed by atoms with Gasteiger partial charge in [-0.3, -0.25) is 4.79 Å². The zero-order chi connectivity index (χ0) is 18.1. The molecule has 1 aromatic carbocycles. The van der Waals surface area contributed by atoms with Crippen LogP contribution in [0.3, 0.4) is 0 Å². The summed E-state index contributed by atoms with van der Waals surface area (Å²) in [5, 5.41) is 0. The van der Waals surface area contributed by atoms with Crippen LogP contribution in [0.1, 0.15) is 36.8 Å². The highest BCUT2D eigenvalue weighted by molar-refractivity contribution is 5.81. The van der Waals surface area contributed by atoms with Crippen LogP contribution in [-0.4, -0.2) is 57.4 Å². The Labute approximate surface area is 154 Å². The standard InChI is InChI=1S/C20H27NO5/c1-23-17-12-14-5-11-26-20(15(14)13-18(17)24-2)6-8-21(9-7-20)19(22)16-4-3-10-25-16/h12-13,16H,3-11H2,1-2H3/t16-/m0/s1. The Bertz CT molecular complexity index is 675. The normalized spacial score (nSPS) is 24.4. The monoisotopic (exact) mass is 361 g/mol. The third-order valence-electron chi connectivity index (χ3n) is 5.94. The molecule has 0 aromatic heterocycles. The van der Waals surface area contributed by atoms with Crippen molar-refractivity contribution >= 4 is 5.91 Å². The summed E-state index contributed by atoms with van der Waals surface area (Å²) in [7, 11) is 3.32. The maximum absolute atomic E-state index is 12.6. The number of hydrogen-bond acceptors (Lipinski definition) is 5. The minimum Gasteiger partial charge on any atom is -0.493 e. The quantitative estimate of drug-likeness (QED) is 0.827. The Balaban J connectivity index is 1.55. The van der Waals surface area contributed by atoms with Crippen molar-refractivity contribution in [2.24, 2.45) is 0 Å². The Morgan fingerprint density at radius 2 is 1.88 bits per heavy atom.